The standard InChI is InChI=1S/C14H15NO3/c16-10-14(18)13-2-1-8-15(13)9-7-11-3-5-12(17)6-4-11/h1-6,8,16-17H,7,9-10H2. The van der Waals surface area contributed by atoms with Crippen LogP contribution in [0.15, 0.2) is 42.6 Å². The van der Waals surface area contributed by atoms with E-state index in [1.807, 2.05) is 22.9 Å². The van der Waals surface area contributed by atoms with Crippen molar-refractivity contribution >= 4 is 5.78 Å². The number of ketones is 1. The minimum absolute atomic E-state index is 0.246. The maximum atomic E-state index is 11.4. The average molecular weight is 245 g/mol. The number of aromatic nitrogens is 1. The number of aryl methyl sites for hydroxylation is 2. The first-order valence-electron chi connectivity index (χ1n) is 5.78. The molecule has 2 N–H and O–H groups in total. The molecular weight excluding hydrogens is 230 g/mol. The third-order valence-electron chi connectivity index (χ3n) is 2.84. The zero-order chi connectivity index (χ0) is 13.0. The minimum atomic E-state index is -0.469. The summed E-state index contributed by atoms with van der Waals surface area (Å²) < 4.78 is 1.82. The molecule has 0 atom stereocenters. The quantitative estimate of drug-likeness (QED) is 0.787. The lowest BCUT2D eigenvalue weighted by molar-refractivity contribution is 0.0894. The van der Waals surface area contributed by atoms with Gasteiger partial charge >= 0.3 is 0 Å². The van der Waals surface area contributed by atoms with Crippen molar-refractivity contribution in [1.29, 1.82) is 0 Å². The van der Waals surface area contributed by atoms with E-state index in [0.717, 1.165) is 12.0 Å². The smallest absolute Gasteiger partial charge is 0.204 e. The Bertz CT molecular complexity index is 528. The van der Waals surface area contributed by atoms with Gasteiger partial charge in [0.15, 0.2) is 0 Å². The van der Waals surface area contributed by atoms with Crippen molar-refractivity contribution in [2.45, 2.75) is 13.0 Å². The average Bonchev–Trinajstić information content (AvgIpc) is 2.85. The zero-order valence-electron chi connectivity index (χ0n) is 9.91. The first-order valence-corrected chi connectivity index (χ1v) is 5.78. The van der Waals surface area contributed by atoms with Crippen molar-refractivity contribution in [1.82, 2.24) is 4.57 Å². The van der Waals surface area contributed by atoms with Crippen molar-refractivity contribution in [2.75, 3.05) is 6.61 Å². The maximum Gasteiger partial charge on any atom is 0.204 e. The molecule has 1 aromatic carbocycles. The van der Waals surface area contributed by atoms with Crippen LogP contribution < -0.4 is 0 Å². The number of phenolic OH excluding ortho intramolecular Hbond substituents is 1. The highest BCUT2D eigenvalue weighted by molar-refractivity contribution is 5.95. The second-order valence-corrected chi connectivity index (χ2v) is 4.08. The normalized spacial score (nSPS) is 10.5. The summed E-state index contributed by atoms with van der Waals surface area (Å²) in [5.41, 5.74) is 1.61. The van der Waals surface area contributed by atoms with E-state index in [0.29, 0.717) is 12.2 Å². The Balaban J connectivity index is 2.04. The van der Waals surface area contributed by atoms with Gasteiger partial charge in [0.05, 0.1) is 5.69 Å². The number of carbonyl (C=O) groups is 1. The molecule has 0 saturated heterocycles. The monoisotopic (exact) mass is 245 g/mol. The summed E-state index contributed by atoms with van der Waals surface area (Å²) in [6.07, 6.45) is 2.59. The Morgan fingerprint density at radius 1 is 1.17 bits per heavy atom. The van der Waals surface area contributed by atoms with Gasteiger partial charge in [-0.2, -0.15) is 0 Å². The Hall–Kier alpha value is -2.07. The maximum absolute atomic E-state index is 11.4. The van der Waals surface area contributed by atoms with Crippen LogP contribution in [-0.4, -0.2) is 27.2 Å². The predicted molar refractivity (Wildman–Crippen MR) is 67.7 cm³/mol. The van der Waals surface area contributed by atoms with Gasteiger partial charge < -0.3 is 14.8 Å². The Kier molecular flexibility index (Phi) is 3.79. The van der Waals surface area contributed by atoms with E-state index in [-0.39, 0.29) is 11.5 Å². The van der Waals surface area contributed by atoms with Gasteiger partial charge in [0.2, 0.25) is 5.78 Å². The number of aliphatic hydroxyl groups excluding tert-OH is 1. The summed E-state index contributed by atoms with van der Waals surface area (Å²) in [6, 6.07) is 10.5. The highest BCUT2D eigenvalue weighted by Crippen LogP contribution is 2.12. The molecule has 1 heterocycles. The number of benzene rings is 1. The van der Waals surface area contributed by atoms with Gasteiger partial charge in [-0.1, -0.05) is 12.1 Å². The molecule has 1 aromatic heterocycles. The van der Waals surface area contributed by atoms with E-state index in [9.17, 15) is 9.90 Å². The number of hydrogen-bond acceptors (Lipinski definition) is 3. The zero-order valence-corrected chi connectivity index (χ0v) is 9.91. The summed E-state index contributed by atoms with van der Waals surface area (Å²) >= 11 is 0. The van der Waals surface area contributed by atoms with E-state index in [1.165, 1.54) is 0 Å². The number of aromatic hydroxyl groups is 1. The van der Waals surface area contributed by atoms with Crippen LogP contribution >= 0.6 is 0 Å². The summed E-state index contributed by atoms with van der Waals surface area (Å²) in [5, 5.41) is 18.0. The molecule has 0 aliphatic heterocycles. The molecule has 2 aromatic rings. The van der Waals surface area contributed by atoms with Crippen molar-refractivity contribution in [2.24, 2.45) is 0 Å². The molecule has 0 spiro atoms. The van der Waals surface area contributed by atoms with E-state index in [2.05, 4.69) is 0 Å². The van der Waals surface area contributed by atoms with E-state index in [1.54, 1.807) is 24.3 Å². The molecule has 0 saturated carbocycles. The largest absolute Gasteiger partial charge is 0.508 e. The Morgan fingerprint density at radius 3 is 2.56 bits per heavy atom. The topological polar surface area (TPSA) is 62.5 Å². The fourth-order valence-electron chi connectivity index (χ4n) is 1.86. The molecule has 0 aliphatic carbocycles. The molecule has 0 unspecified atom stereocenters. The molecule has 0 amide bonds. The van der Waals surface area contributed by atoms with Crippen LogP contribution in [0.25, 0.3) is 0 Å². The second-order valence-electron chi connectivity index (χ2n) is 4.08. The highest BCUT2D eigenvalue weighted by atomic mass is 16.3. The molecule has 18 heavy (non-hydrogen) atoms. The number of hydrogen-bond donors (Lipinski definition) is 2. The molecular formula is C14H15NO3. The van der Waals surface area contributed by atoms with Gasteiger partial charge in [-0.15, -0.1) is 0 Å². The molecule has 0 radical (unpaired) electrons. The summed E-state index contributed by atoms with van der Waals surface area (Å²) in [7, 11) is 0. The highest BCUT2D eigenvalue weighted by Gasteiger charge is 2.09. The Labute approximate surface area is 105 Å². The van der Waals surface area contributed by atoms with Gasteiger partial charge in [0, 0.05) is 12.7 Å². The predicted octanol–water partition coefficient (Wildman–Crippen LogP) is 1.61. The first kappa shape index (κ1) is 12.4. The first-order chi connectivity index (χ1) is 8.70. The lowest BCUT2D eigenvalue weighted by Crippen LogP contribution is -2.12. The number of aliphatic hydroxyl groups is 1. The van der Waals surface area contributed by atoms with Crippen LogP contribution in [0.4, 0.5) is 0 Å². The molecule has 0 fully saturated rings. The van der Waals surface area contributed by atoms with Crippen LogP contribution in [0.1, 0.15) is 16.1 Å². The third-order valence-corrected chi connectivity index (χ3v) is 2.84. The summed E-state index contributed by atoms with van der Waals surface area (Å²) in [5.74, 6) is -0.0263. The van der Waals surface area contributed by atoms with Crippen molar-refractivity contribution in [3.05, 3.63) is 53.9 Å². The molecule has 94 valence electrons. The van der Waals surface area contributed by atoms with Crippen LogP contribution in [0.5, 0.6) is 5.75 Å². The minimum Gasteiger partial charge on any atom is -0.508 e. The SMILES string of the molecule is O=C(CO)c1cccn1CCc1ccc(O)cc1. The van der Waals surface area contributed by atoms with Crippen molar-refractivity contribution < 1.29 is 15.0 Å². The van der Waals surface area contributed by atoms with Crippen LogP contribution in [0, 0.1) is 0 Å². The Morgan fingerprint density at radius 2 is 1.89 bits per heavy atom. The van der Waals surface area contributed by atoms with Gasteiger partial charge in [0.25, 0.3) is 0 Å². The summed E-state index contributed by atoms with van der Waals surface area (Å²) in [4.78, 5) is 11.4. The lowest BCUT2D eigenvalue weighted by atomic mass is 10.1. The molecule has 0 bridgehead atoms. The number of phenols is 1. The number of carbonyl (C=O) groups excluding carboxylic acids is 1. The van der Waals surface area contributed by atoms with Crippen LogP contribution in [-0.2, 0) is 13.0 Å². The number of Topliss-reactive ketones (excluding diaryl/α,β-unsaturated/α-hetero) is 1. The third kappa shape index (κ3) is 2.78. The molecule has 2 rings (SSSR count). The van der Waals surface area contributed by atoms with E-state index >= 15 is 0 Å². The fraction of sp³-hybridized carbons (Fsp3) is 0.214. The van der Waals surface area contributed by atoms with Gasteiger partial charge in [-0.3, -0.25) is 4.79 Å². The van der Waals surface area contributed by atoms with Crippen molar-refractivity contribution in [3.63, 3.8) is 0 Å². The molecule has 0 aliphatic rings. The fourth-order valence-corrected chi connectivity index (χ4v) is 1.86. The van der Waals surface area contributed by atoms with E-state index < -0.39 is 6.61 Å². The van der Waals surface area contributed by atoms with Crippen LogP contribution in [0.3, 0.4) is 0 Å². The molecule has 4 heteroatoms. The van der Waals surface area contributed by atoms with E-state index in [4.69, 9.17) is 5.11 Å². The number of rotatable bonds is 5. The van der Waals surface area contributed by atoms with Gasteiger partial charge in [-0.05, 0) is 36.2 Å². The van der Waals surface area contributed by atoms with Gasteiger partial charge in [0.1, 0.15) is 12.4 Å². The molecule has 4 nitrogen and oxygen atoms in total. The summed E-state index contributed by atoms with van der Waals surface area (Å²) in [6.45, 7) is 0.196. The van der Waals surface area contributed by atoms with Crippen molar-refractivity contribution in [3.8, 4) is 5.75 Å². The van der Waals surface area contributed by atoms with Crippen LogP contribution in [0.2, 0.25) is 0 Å². The lowest BCUT2D eigenvalue weighted by Gasteiger charge is -2.07. The number of nitrogens with zero attached hydrogens (tertiary/aromatic N) is 1. The van der Waals surface area contributed by atoms with Gasteiger partial charge in [-0.25, -0.2) is 0 Å². The second kappa shape index (κ2) is 5.51.